The first-order chi connectivity index (χ1) is 6.68. The molecule has 0 radical (unpaired) electrons. The van der Waals surface area contributed by atoms with Crippen LogP contribution in [-0.2, 0) is 7.05 Å². The molecule has 0 N–H and O–H groups in total. The molecular formula is C9H9N3O2. The van der Waals surface area contributed by atoms with Crippen LogP contribution in [0.4, 0.5) is 0 Å². The molecule has 0 unspecified atom stereocenters. The lowest BCUT2D eigenvalue weighted by Gasteiger charge is -1.97. The van der Waals surface area contributed by atoms with Gasteiger partial charge in [-0.15, -0.1) is 5.10 Å². The van der Waals surface area contributed by atoms with Crippen molar-refractivity contribution >= 4 is 0 Å². The van der Waals surface area contributed by atoms with E-state index in [-0.39, 0.29) is 0 Å². The van der Waals surface area contributed by atoms with E-state index < -0.39 is 5.76 Å². The molecule has 0 atom stereocenters. The van der Waals surface area contributed by atoms with Crippen molar-refractivity contribution in [3.8, 4) is 11.5 Å². The summed E-state index contributed by atoms with van der Waals surface area (Å²) in [5.74, 6) is -0.131. The van der Waals surface area contributed by atoms with E-state index in [1.165, 1.54) is 0 Å². The minimum atomic E-state index is -0.462. The highest BCUT2D eigenvalue weighted by molar-refractivity contribution is 5.56. The Morgan fingerprint density at radius 1 is 1.50 bits per heavy atom. The largest absolute Gasteiger partial charge is 0.437 e. The molecule has 2 rings (SSSR count). The van der Waals surface area contributed by atoms with Gasteiger partial charge in [-0.2, -0.15) is 4.68 Å². The number of aromatic nitrogens is 3. The zero-order valence-corrected chi connectivity index (χ0v) is 7.89. The van der Waals surface area contributed by atoms with Gasteiger partial charge in [0.05, 0.1) is 0 Å². The molecular weight excluding hydrogens is 182 g/mol. The summed E-state index contributed by atoms with van der Waals surface area (Å²) in [7, 11) is 1.55. The van der Waals surface area contributed by atoms with Crippen molar-refractivity contribution in [1.29, 1.82) is 0 Å². The molecule has 2 heterocycles. The maximum atomic E-state index is 11.0. The second-order valence-electron chi connectivity index (χ2n) is 2.99. The molecule has 0 spiro atoms. The molecule has 0 aliphatic heterocycles. The zero-order valence-electron chi connectivity index (χ0n) is 7.89. The molecule has 14 heavy (non-hydrogen) atoms. The lowest BCUT2D eigenvalue weighted by Crippen LogP contribution is -2.09. The van der Waals surface area contributed by atoms with E-state index in [1.807, 2.05) is 6.92 Å². The quantitative estimate of drug-likeness (QED) is 0.667. The molecule has 0 bridgehead atoms. The Morgan fingerprint density at radius 2 is 2.29 bits per heavy atom. The molecule has 2 aromatic rings. The fraction of sp³-hybridized carbons (Fsp3) is 0.222. The Labute approximate surface area is 80.0 Å². The van der Waals surface area contributed by atoms with E-state index in [2.05, 4.69) is 10.1 Å². The smallest absolute Gasteiger partial charge is 0.388 e. The summed E-state index contributed by atoms with van der Waals surface area (Å²) in [6, 6.07) is 1.76. The van der Waals surface area contributed by atoms with Gasteiger partial charge in [-0.3, -0.25) is 4.98 Å². The Hall–Kier alpha value is -1.91. The van der Waals surface area contributed by atoms with Crippen molar-refractivity contribution in [3.05, 3.63) is 34.6 Å². The number of aryl methyl sites for hydroxylation is 2. The third kappa shape index (κ3) is 1.32. The number of pyridine rings is 1. The van der Waals surface area contributed by atoms with E-state index in [0.29, 0.717) is 5.89 Å². The van der Waals surface area contributed by atoms with E-state index in [4.69, 9.17) is 4.42 Å². The number of rotatable bonds is 1. The van der Waals surface area contributed by atoms with Crippen molar-refractivity contribution in [2.24, 2.45) is 7.05 Å². The Balaban J connectivity index is 2.60. The van der Waals surface area contributed by atoms with E-state index in [1.54, 1.807) is 25.5 Å². The fourth-order valence-electron chi connectivity index (χ4n) is 1.17. The van der Waals surface area contributed by atoms with Crippen LogP contribution in [0.25, 0.3) is 11.5 Å². The maximum Gasteiger partial charge on any atom is 0.437 e. The topological polar surface area (TPSA) is 60.9 Å². The van der Waals surface area contributed by atoms with Crippen LogP contribution in [0.1, 0.15) is 5.56 Å². The highest BCUT2D eigenvalue weighted by Crippen LogP contribution is 2.17. The summed E-state index contributed by atoms with van der Waals surface area (Å²) in [5.41, 5.74) is 1.71. The van der Waals surface area contributed by atoms with Crippen molar-refractivity contribution < 1.29 is 4.42 Å². The predicted molar refractivity (Wildman–Crippen MR) is 49.7 cm³/mol. The first-order valence-electron chi connectivity index (χ1n) is 4.13. The highest BCUT2D eigenvalue weighted by Gasteiger charge is 2.09. The number of hydrogen-bond acceptors (Lipinski definition) is 4. The van der Waals surface area contributed by atoms with Crippen molar-refractivity contribution in [3.63, 3.8) is 0 Å². The third-order valence-electron chi connectivity index (χ3n) is 1.94. The molecule has 5 heteroatoms. The summed E-state index contributed by atoms with van der Waals surface area (Å²) in [5, 5.41) is 3.95. The molecule has 0 amide bonds. The van der Waals surface area contributed by atoms with Crippen LogP contribution >= 0.6 is 0 Å². The van der Waals surface area contributed by atoms with E-state index in [9.17, 15) is 4.79 Å². The molecule has 0 saturated carbocycles. The molecule has 0 fully saturated rings. The molecule has 72 valence electrons. The molecule has 0 aliphatic rings. The third-order valence-corrected chi connectivity index (χ3v) is 1.94. The van der Waals surface area contributed by atoms with Gasteiger partial charge in [0, 0.05) is 25.0 Å². The van der Waals surface area contributed by atoms with Crippen LogP contribution in [-0.4, -0.2) is 14.8 Å². The summed E-state index contributed by atoms with van der Waals surface area (Å²) < 4.78 is 6.11. The van der Waals surface area contributed by atoms with Gasteiger partial charge in [0.1, 0.15) is 0 Å². The Bertz CT molecular complexity index is 513. The van der Waals surface area contributed by atoms with Gasteiger partial charge in [0.25, 0.3) is 0 Å². The van der Waals surface area contributed by atoms with Crippen molar-refractivity contribution in [2.75, 3.05) is 0 Å². The van der Waals surface area contributed by atoms with Crippen LogP contribution in [0.2, 0.25) is 0 Å². The van der Waals surface area contributed by atoms with Crippen LogP contribution in [0.3, 0.4) is 0 Å². The molecule has 0 aliphatic carbocycles. The first kappa shape index (κ1) is 8.68. The minimum Gasteiger partial charge on any atom is -0.388 e. The van der Waals surface area contributed by atoms with Crippen molar-refractivity contribution in [1.82, 2.24) is 14.8 Å². The van der Waals surface area contributed by atoms with Gasteiger partial charge >= 0.3 is 5.76 Å². The first-order valence-corrected chi connectivity index (χ1v) is 4.13. The second-order valence-corrected chi connectivity index (χ2v) is 2.99. The van der Waals surface area contributed by atoms with Crippen LogP contribution in [0.5, 0.6) is 0 Å². The molecule has 2 aromatic heterocycles. The summed E-state index contributed by atoms with van der Waals surface area (Å²) >= 11 is 0. The average molecular weight is 191 g/mol. The van der Waals surface area contributed by atoms with Crippen molar-refractivity contribution in [2.45, 2.75) is 6.92 Å². The Kier molecular flexibility index (Phi) is 1.92. The molecule has 0 aromatic carbocycles. The molecule has 0 saturated heterocycles. The summed E-state index contributed by atoms with van der Waals surface area (Å²) in [6.45, 7) is 1.89. The average Bonchev–Trinajstić information content (AvgIpc) is 2.48. The molecule has 5 nitrogen and oxygen atoms in total. The van der Waals surface area contributed by atoms with E-state index >= 15 is 0 Å². The van der Waals surface area contributed by atoms with Crippen LogP contribution in [0, 0.1) is 6.92 Å². The SMILES string of the molecule is Cc1cnccc1-c1nn(C)c(=O)o1. The van der Waals surface area contributed by atoms with E-state index in [0.717, 1.165) is 15.8 Å². The lowest BCUT2D eigenvalue weighted by molar-refractivity contribution is 0.505. The number of hydrogen-bond donors (Lipinski definition) is 0. The van der Waals surface area contributed by atoms with Gasteiger partial charge in [-0.25, -0.2) is 4.79 Å². The van der Waals surface area contributed by atoms with Gasteiger partial charge < -0.3 is 4.42 Å². The van der Waals surface area contributed by atoms with Crippen LogP contribution < -0.4 is 5.76 Å². The highest BCUT2D eigenvalue weighted by atomic mass is 16.4. The normalized spacial score (nSPS) is 10.4. The number of nitrogens with zero attached hydrogens (tertiary/aromatic N) is 3. The predicted octanol–water partition coefficient (Wildman–Crippen LogP) is 0.744. The minimum absolute atomic E-state index is 0.331. The Morgan fingerprint density at radius 3 is 2.86 bits per heavy atom. The standard InChI is InChI=1S/C9H9N3O2/c1-6-5-10-4-3-7(6)8-11-12(2)9(13)14-8/h3-5H,1-2H3. The second kappa shape index (κ2) is 3.10. The fourth-order valence-corrected chi connectivity index (χ4v) is 1.17. The van der Waals surface area contributed by atoms with Gasteiger partial charge in [-0.1, -0.05) is 0 Å². The summed E-state index contributed by atoms with van der Waals surface area (Å²) in [4.78, 5) is 15.0. The van der Waals surface area contributed by atoms with Gasteiger partial charge in [0.15, 0.2) is 0 Å². The zero-order chi connectivity index (χ0) is 10.1. The van der Waals surface area contributed by atoms with Gasteiger partial charge in [0.2, 0.25) is 5.89 Å². The van der Waals surface area contributed by atoms with Gasteiger partial charge in [-0.05, 0) is 18.6 Å². The lowest BCUT2D eigenvalue weighted by atomic mass is 10.2. The maximum absolute atomic E-state index is 11.0. The monoisotopic (exact) mass is 191 g/mol. The van der Waals surface area contributed by atoms with Crippen LogP contribution in [0.15, 0.2) is 27.7 Å². The summed E-state index contributed by atoms with van der Waals surface area (Å²) in [6.07, 6.45) is 3.33.